The number of rotatable bonds is 3. The molecule has 3 amide bonds. The van der Waals surface area contributed by atoms with Gasteiger partial charge in [-0.15, -0.1) is 0 Å². The van der Waals surface area contributed by atoms with Crippen molar-refractivity contribution in [2.75, 3.05) is 32.7 Å². The standard InChI is InChI=1S/C14H26N4O2/c1-11-4-8-17(9-5-11)14(20)18(10-13(15)19)12-2-6-16-7-3-12/h11-12,16H,2-10H2,1H3,(H2,15,19). The minimum atomic E-state index is -0.428. The highest BCUT2D eigenvalue weighted by molar-refractivity contribution is 5.83. The van der Waals surface area contributed by atoms with E-state index in [1.54, 1.807) is 4.90 Å². The number of amides is 3. The third kappa shape index (κ3) is 3.85. The first kappa shape index (κ1) is 15.1. The highest BCUT2D eigenvalue weighted by atomic mass is 16.2. The van der Waals surface area contributed by atoms with E-state index in [1.807, 2.05) is 4.90 Å². The van der Waals surface area contributed by atoms with Crippen LogP contribution >= 0.6 is 0 Å². The minimum Gasteiger partial charge on any atom is -0.368 e. The fourth-order valence-electron chi connectivity index (χ4n) is 3.02. The molecule has 20 heavy (non-hydrogen) atoms. The molecule has 114 valence electrons. The van der Waals surface area contributed by atoms with Crippen molar-refractivity contribution < 1.29 is 9.59 Å². The summed E-state index contributed by atoms with van der Waals surface area (Å²) >= 11 is 0. The fourth-order valence-corrected chi connectivity index (χ4v) is 3.02. The largest absolute Gasteiger partial charge is 0.368 e. The van der Waals surface area contributed by atoms with Crippen LogP contribution in [0.5, 0.6) is 0 Å². The summed E-state index contributed by atoms with van der Waals surface area (Å²) in [5.41, 5.74) is 5.32. The van der Waals surface area contributed by atoms with Gasteiger partial charge in [0.25, 0.3) is 0 Å². The minimum absolute atomic E-state index is 0.0115. The second kappa shape index (κ2) is 6.92. The predicted octanol–water partition coefficient (Wildman–Crippen LogP) is 0.378. The summed E-state index contributed by atoms with van der Waals surface area (Å²) in [5, 5.41) is 3.28. The molecule has 0 aliphatic carbocycles. The zero-order valence-electron chi connectivity index (χ0n) is 12.3. The summed E-state index contributed by atoms with van der Waals surface area (Å²) in [5.74, 6) is 0.254. The Balaban J connectivity index is 2.01. The highest BCUT2D eigenvalue weighted by Gasteiger charge is 2.31. The lowest BCUT2D eigenvalue weighted by molar-refractivity contribution is -0.119. The van der Waals surface area contributed by atoms with Gasteiger partial charge in [0.2, 0.25) is 5.91 Å². The number of nitrogens with two attached hydrogens (primary N) is 1. The van der Waals surface area contributed by atoms with Crippen LogP contribution in [0.4, 0.5) is 4.79 Å². The SMILES string of the molecule is CC1CCN(C(=O)N(CC(N)=O)C2CCNCC2)CC1. The predicted molar refractivity (Wildman–Crippen MR) is 77.2 cm³/mol. The molecule has 2 aliphatic rings. The third-order valence-corrected chi connectivity index (χ3v) is 4.38. The Morgan fingerprint density at radius 1 is 1.20 bits per heavy atom. The smallest absolute Gasteiger partial charge is 0.320 e. The molecule has 0 atom stereocenters. The highest BCUT2D eigenvalue weighted by Crippen LogP contribution is 2.20. The van der Waals surface area contributed by atoms with Gasteiger partial charge in [0, 0.05) is 19.1 Å². The summed E-state index contributed by atoms with van der Waals surface area (Å²) in [4.78, 5) is 27.5. The van der Waals surface area contributed by atoms with E-state index in [0.29, 0.717) is 5.92 Å². The van der Waals surface area contributed by atoms with E-state index in [1.165, 1.54) is 0 Å². The lowest BCUT2D eigenvalue weighted by Crippen LogP contribution is -2.54. The van der Waals surface area contributed by atoms with E-state index >= 15 is 0 Å². The number of hydrogen-bond acceptors (Lipinski definition) is 3. The van der Waals surface area contributed by atoms with E-state index < -0.39 is 5.91 Å². The van der Waals surface area contributed by atoms with Crippen LogP contribution in [-0.2, 0) is 4.79 Å². The van der Waals surface area contributed by atoms with Gasteiger partial charge in [0.1, 0.15) is 6.54 Å². The normalized spacial score (nSPS) is 21.8. The maximum atomic E-state index is 12.7. The number of likely N-dealkylation sites (tertiary alicyclic amines) is 1. The Kier molecular flexibility index (Phi) is 5.23. The topological polar surface area (TPSA) is 78.7 Å². The van der Waals surface area contributed by atoms with Crippen LogP contribution in [0.15, 0.2) is 0 Å². The molecule has 0 aromatic rings. The number of carbonyl (C=O) groups is 2. The quantitative estimate of drug-likeness (QED) is 0.785. The van der Waals surface area contributed by atoms with Gasteiger partial charge in [-0.25, -0.2) is 4.79 Å². The Bertz CT molecular complexity index is 347. The van der Waals surface area contributed by atoms with Crippen molar-refractivity contribution in [3.8, 4) is 0 Å². The first-order valence-corrected chi connectivity index (χ1v) is 7.62. The Morgan fingerprint density at radius 3 is 2.35 bits per heavy atom. The molecule has 6 heteroatoms. The van der Waals surface area contributed by atoms with Crippen molar-refractivity contribution in [3.63, 3.8) is 0 Å². The number of primary amides is 1. The van der Waals surface area contributed by atoms with Crippen LogP contribution in [0.25, 0.3) is 0 Å². The number of nitrogens with zero attached hydrogens (tertiary/aromatic N) is 2. The van der Waals surface area contributed by atoms with Gasteiger partial charge in [-0.05, 0) is 44.7 Å². The molecule has 2 fully saturated rings. The number of piperidine rings is 2. The second-order valence-electron chi connectivity index (χ2n) is 6.03. The maximum Gasteiger partial charge on any atom is 0.320 e. The summed E-state index contributed by atoms with van der Waals surface area (Å²) in [6.07, 6.45) is 3.87. The van der Waals surface area contributed by atoms with E-state index in [4.69, 9.17) is 5.73 Å². The van der Waals surface area contributed by atoms with E-state index in [2.05, 4.69) is 12.2 Å². The van der Waals surface area contributed by atoms with Crippen LogP contribution in [0, 0.1) is 5.92 Å². The Hall–Kier alpha value is -1.30. The van der Waals surface area contributed by atoms with Crippen molar-refractivity contribution >= 4 is 11.9 Å². The van der Waals surface area contributed by atoms with Gasteiger partial charge in [-0.2, -0.15) is 0 Å². The van der Waals surface area contributed by atoms with Gasteiger partial charge >= 0.3 is 6.03 Å². The van der Waals surface area contributed by atoms with Gasteiger partial charge in [0.15, 0.2) is 0 Å². The summed E-state index contributed by atoms with van der Waals surface area (Å²) in [7, 11) is 0. The summed E-state index contributed by atoms with van der Waals surface area (Å²) in [6.45, 7) is 5.63. The zero-order chi connectivity index (χ0) is 14.5. The first-order valence-electron chi connectivity index (χ1n) is 7.62. The number of urea groups is 1. The lowest BCUT2D eigenvalue weighted by Gasteiger charge is -2.39. The van der Waals surface area contributed by atoms with Crippen molar-refractivity contribution in [2.45, 2.75) is 38.6 Å². The Morgan fingerprint density at radius 2 is 1.80 bits per heavy atom. The molecular weight excluding hydrogens is 256 g/mol. The number of carbonyl (C=O) groups excluding carboxylic acids is 2. The van der Waals surface area contributed by atoms with Crippen molar-refractivity contribution in [1.29, 1.82) is 0 Å². The lowest BCUT2D eigenvalue weighted by atomic mass is 9.99. The van der Waals surface area contributed by atoms with E-state index in [0.717, 1.165) is 51.9 Å². The number of nitrogens with one attached hydrogen (secondary N) is 1. The molecule has 0 aromatic carbocycles. The molecule has 0 saturated carbocycles. The average molecular weight is 282 g/mol. The zero-order valence-corrected chi connectivity index (χ0v) is 12.3. The second-order valence-corrected chi connectivity index (χ2v) is 6.03. The molecule has 2 heterocycles. The number of hydrogen-bond donors (Lipinski definition) is 2. The monoisotopic (exact) mass is 282 g/mol. The molecule has 0 aromatic heterocycles. The van der Waals surface area contributed by atoms with Crippen LogP contribution < -0.4 is 11.1 Å². The molecule has 2 rings (SSSR count). The molecule has 2 aliphatic heterocycles. The summed E-state index contributed by atoms with van der Waals surface area (Å²) in [6, 6.07) is 0.123. The molecule has 0 unspecified atom stereocenters. The van der Waals surface area contributed by atoms with E-state index in [-0.39, 0.29) is 18.6 Å². The van der Waals surface area contributed by atoms with Crippen molar-refractivity contribution in [3.05, 3.63) is 0 Å². The third-order valence-electron chi connectivity index (χ3n) is 4.38. The molecular formula is C14H26N4O2. The molecule has 3 N–H and O–H groups in total. The molecule has 6 nitrogen and oxygen atoms in total. The fraction of sp³-hybridized carbons (Fsp3) is 0.857. The van der Waals surface area contributed by atoms with Crippen molar-refractivity contribution in [1.82, 2.24) is 15.1 Å². The van der Waals surface area contributed by atoms with Gasteiger partial charge in [-0.1, -0.05) is 6.92 Å². The van der Waals surface area contributed by atoms with Crippen LogP contribution in [-0.4, -0.2) is 60.5 Å². The molecule has 2 saturated heterocycles. The first-order chi connectivity index (χ1) is 9.58. The molecule has 0 radical (unpaired) electrons. The average Bonchev–Trinajstić information content (AvgIpc) is 2.45. The van der Waals surface area contributed by atoms with Crippen molar-refractivity contribution in [2.24, 2.45) is 11.7 Å². The van der Waals surface area contributed by atoms with Gasteiger partial charge < -0.3 is 20.9 Å². The molecule has 0 bridgehead atoms. The summed E-state index contributed by atoms with van der Waals surface area (Å²) < 4.78 is 0. The van der Waals surface area contributed by atoms with Gasteiger partial charge in [0.05, 0.1) is 0 Å². The van der Waals surface area contributed by atoms with Crippen LogP contribution in [0.1, 0.15) is 32.6 Å². The Labute approximate surface area is 120 Å². The molecule has 0 spiro atoms. The van der Waals surface area contributed by atoms with Crippen LogP contribution in [0.2, 0.25) is 0 Å². The maximum absolute atomic E-state index is 12.7. The van der Waals surface area contributed by atoms with Gasteiger partial charge in [-0.3, -0.25) is 4.79 Å². The van der Waals surface area contributed by atoms with E-state index in [9.17, 15) is 9.59 Å². The van der Waals surface area contributed by atoms with Crippen LogP contribution in [0.3, 0.4) is 0 Å².